The molecule has 158 valence electrons. The Labute approximate surface area is 184 Å². The van der Waals surface area contributed by atoms with Crippen LogP contribution in [0.25, 0.3) is 10.2 Å². The number of aromatic nitrogens is 1. The first kappa shape index (κ1) is 21.1. The molecule has 2 heterocycles. The molecule has 1 aliphatic heterocycles. The minimum absolute atomic E-state index is 0.0959. The van der Waals surface area contributed by atoms with Gasteiger partial charge < -0.3 is 10.2 Å². The Hall–Kier alpha value is -2.14. The lowest BCUT2D eigenvalue weighted by atomic mass is 10.2. The van der Waals surface area contributed by atoms with E-state index in [1.165, 1.54) is 22.3 Å². The number of hydrogen-bond acceptors (Lipinski definition) is 7. The van der Waals surface area contributed by atoms with E-state index >= 15 is 0 Å². The number of thiazole rings is 1. The summed E-state index contributed by atoms with van der Waals surface area (Å²) in [6.07, 6.45) is 1.24. The van der Waals surface area contributed by atoms with Crippen LogP contribution < -0.4 is 10.2 Å². The molecule has 1 aliphatic rings. The maximum absolute atomic E-state index is 12.6. The maximum Gasteiger partial charge on any atom is 0.234 e. The number of anilines is 2. The summed E-state index contributed by atoms with van der Waals surface area (Å²) in [7, 11) is -3.17. The van der Waals surface area contributed by atoms with Crippen LogP contribution in [0.2, 0.25) is 0 Å². The minimum Gasteiger partial charge on any atom is -0.367 e. The second-order valence-corrected chi connectivity index (χ2v) is 11.2. The third-order valence-electron chi connectivity index (χ3n) is 4.83. The van der Waals surface area contributed by atoms with E-state index in [2.05, 4.69) is 15.2 Å². The molecule has 1 fully saturated rings. The van der Waals surface area contributed by atoms with E-state index in [4.69, 9.17) is 0 Å². The Bertz CT molecular complexity index is 1120. The zero-order valence-electron chi connectivity index (χ0n) is 16.4. The number of carbonyl (C=O) groups is 1. The summed E-state index contributed by atoms with van der Waals surface area (Å²) in [6.45, 7) is 2.05. The first-order valence-electron chi connectivity index (χ1n) is 9.47. The smallest absolute Gasteiger partial charge is 0.234 e. The van der Waals surface area contributed by atoms with Crippen LogP contribution in [-0.2, 0) is 14.8 Å². The van der Waals surface area contributed by atoms with Gasteiger partial charge in [0.25, 0.3) is 0 Å². The first-order valence-corrected chi connectivity index (χ1v) is 13.1. The van der Waals surface area contributed by atoms with E-state index in [-0.39, 0.29) is 11.7 Å². The number of para-hydroxylation sites is 3. The van der Waals surface area contributed by atoms with Crippen molar-refractivity contribution < 1.29 is 13.2 Å². The van der Waals surface area contributed by atoms with Gasteiger partial charge in [0.2, 0.25) is 15.9 Å². The lowest BCUT2D eigenvalue weighted by Gasteiger charge is -2.35. The van der Waals surface area contributed by atoms with Crippen molar-refractivity contribution >= 4 is 60.6 Å². The predicted molar refractivity (Wildman–Crippen MR) is 124 cm³/mol. The third kappa shape index (κ3) is 4.94. The molecule has 1 saturated heterocycles. The van der Waals surface area contributed by atoms with Gasteiger partial charge in [-0.15, -0.1) is 11.3 Å². The lowest BCUT2D eigenvalue weighted by molar-refractivity contribution is -0.113. The standard InChI is InChI=1S/C20H22N4O3S3/c1-30(26,27)24-12-10-23(11-13-24)17-8-4-2-6-15(17)21-19(25)14-28-20-22-16-7-3-5-9-18(16)29-20/h2-9H,10-14H2,1H3,(H,21,25). The van der Waals surface area contributed by atoms with Crippen LogP contribution in [0, 0.1) is 0 Å². The van der Waals surface area contributed by atoms with E-state index in [0.717, 1.165) is 25.9 Å². The Balaban J connectivity index is 1.38. The number of rotatable bonds is 6. The minimum atomic E-state index is -3.17. The summed E-state index contributed by atoms with van der Waals surface area (Å²) in [5, 5.41) is 3.00. The second-order valence-electron chi connectivity index (χ2n) is 6.95. The Morgan fingerprint density at radius 2 is 1.80 bits per heavy atom. The van der Waals surface area contributed by atoms with Gasteiger partial charge in [0.05, 0.1) is 33.6 Å². The van der Waals surface area contributed by atoms with Crippen molar-refractivity contribution in [2.24, 2.45) is 0 Å². The SMILES string of the molecule is CS(=O)(=O)N1CCN(c2ccccc2NC(=O)CSc2nc3ccccc3s2)CC1. The molecular weight excluding hydrogens is 440 g/mol. The van der Waals surface area contributed by atoms with Crippen molar-refractivity contribution in [3.05, 3.63) is 48.5 Å². The van der Waals surface area contributed by atoms with Crippen LogP contribution >= 0.6 is 23.1 Å². The van der Waals surface area contributed by atoms with Crippen LogP contribution in [0.3, 0.4) is 0 Å². The highest BCUT2D eigenvalue weighted by molar-refractivity contribution is 8.01. The molecule has 0 atom stereocenters. The highest BCUT2D eigenvalue weighted by atomic mass is 32.2. The van der Waals surface area contributed by atoms with Crippen LogP contribution in [0.1, 0.15) is 0 Å². The summed E-state index contributed by atoms with van der Waals surface area (Å²) in [4.78, 5) is 19.2. The highest BCUT2D eigenvalue weighted by Gasteiger charge is 2.24. The molecular formula is C20H22N4O3S3. The fourth-order valence-corrected chi connectivity index (χ4v) is 6.04. The van der Waals surface area contributed by atoms with Gasteiger partial charge in [-0.1, -0.05) is 36.0 Å². The molecule has 1 aromatic heterocycles. The number of hydrogen-bond donors (Lipinski definition) is 1. The van der Waals surface area contributed by atoms with Crippen LogP contribution in [0.4, 0.5) is 11.4 Å². The monoisotopic (exact) mass is 462 g/mol. The van der Waals surface area contributed by atoms with Crippen LogP contribution in [0.15, 0.2) is 52.9 Å². The van der Waals surface area contributed by atoms with Gasteiger partial charge in [0.1, 0.15) is 0 Å². The molecule has 10 heteroatoms. The highest BCUT2D eigenvalue weighted by Crippen LogP contribution is 2.30. The summed E-state index contributed by atoms with van der Waals surface area (Å²) in [5.74, 6) is 0.178. The molecule has 0 spiro atoms. The van der Waals surface area contributed by atoms with E-state index < -0.39 is 10.0 Å². The first-order chi connectivity index (χ1) is 14.4. The van der Waals surface area contributed by atoms with Crippen molar-refractivity contribution in [2.45, 2.75) is 4.34 Å². The average Bonchev–Trinajstić information content (AvgIpc) is 3.15. The number of benzene rings is 2. The second kappa shape index (κ2) is 8.93. The predicted octanol–water partition coefficient (Wildman–Crippen LogP) is 3.11. The van der Waals surface area contributed by atoms with Crippen molar-refractivity contribution in [2.75, 3.05) is 48.4 Å². The Morgan fingerprint density at radius 1 is 1.10 bits per heavy atom. The van der Waals surface area contributed by atoms with Crippen molar-refractivity contribution in [1.29, 1.82) is 0 Å². The van der Waals surface area contributed by atoms with Crippen molar-refractivity contribution in [3.8, 4) is 0 Å². The fourth-order valence-electron chi connectivity index (χ4n) is 3.34. The van der Waals surface area contributed by atoms with Gasteiger partial charge in [-0.05, 0) is 24.3 Å². The Morgan fingerprint density at radius 3 is 2.53 bits per heavy atom. The topological polar surface area (TPSA) is 82.6 Å². The average molecular weight is 463 g/mol. The summed E-state index contributed by atoms with van der Waals surface area (Å²) in [6, 6.07) is 15.6. The normalized spacial score (nSPS) is 15.4. The van der Waals surface area contributed by atoms with E-state index in [1.54, 1.807) is 11.3 Å². The molecule has 0 saturated carbocycles. The largest absolute Gasteiger partial charge is 0.367 e. The Kier molecular flexibility index (Phi) is 6.28. The number of amides is 1. The van der Waals surface area contributed by atoms with Gasteiger partial charge in [0, 0.05) is 26.2 Å². The molecule has 0 unspecified atom stereocenters. The molecule has 2 aromatic carbocycles. The molecule has 3 aromatic rings. The number of sulfonamides is 1. The number of fused-ring (bicyclic) bond motifs is 1. The fraction of sp³-hybridized carbons (Fsp3) is 0.300. The van der Waals surface area contributed by atoms with Gasteiger partial charge in [0.15, 0.2) is 4.34 Å². The van der Waals surface area contributed by atoms with Crippen molar-refractivity contribution in [3.63, 3.8) is 0 Å². The van der Waals surface area contributed by atoms with Gasteiger partial charge >= 0.3 is 0 Å². The quantitative estimate of drug-likeness (QED) is 0.567. The molecule has 0 radical (unpaired) electrons. The molecule has 0 bridgehead atoms. The molecule has 1 N–H and O–H groups in total. The zero-order chi connectivity index (χ0) is 21.1. The zero-order valence-corrected chi connectivity index (χ0v) is 18.9. The van der Waals surface area contributed by atoms with Crippen LogP contribution in [-0.4, -0.2) is 61.8 Å². The van der Waals surface area contributed by atoms with Gasteiger partial charge in [-0.3, -0.25) is 4.79 Å². The maximum atomic E-state index is 12.6. The molecule has 4 rings (SSSR count). The number of nitrogens with zero attached hydrogens (tertiary/aromatic N) is 3. The summed E-state index contributed by atoms with van der Waals surface area (Å²) >= 11 is 3.01. The van der Waals surface area contributed by atoms with Gasteiger partial charge in [-0.25, -0.2) is 13.4 Å². The van der Waals surface area contributed by atoms with Crippen molar-refractivity contribution in [1.82, 2.24) is 9.29 Å². The molecule has 0 aliphatic carbocycles. The number of thioether (sulfide) groups is 1. The molecule has 7 nitrogen and oxygen atoms in total. The summed E-state index contributed by atoms with van der Waals surface area (Å²) in [5.41, 5.74) is 2.59. The number of carbonyl (C=O) groups excluding carboxylic acids is 1. The molecule has 30 heavy (non-hydrogen) atoms. The number of piperazine rings is 1. The van der Waals surface area contributed by atoms with E-state index in [0.29, 0.717) is 26.2 Å². The van der Waals surface area contributed by atoms with Crippen LogP contribution in [0.5, 0.6) is 0 Å². The van der Waals surface area contributed by atoms with E-state index in [1.807, 2.05) is 48.5 Å². The third-order valence-corrected chi connectivity index (χ3v) is 8.31. The number of nitrogens with one attached hydrogen (secondary N) is 1. The van der Waals surface area contributed by atoms with E-state index in [9.17, 15) is 13.2 Å². The lowest BCUT2D eigenvalue weighted by Crippen LogP contribution is -2.48. The van der Waals surface area contributed by atoms with Gasteiger partial charge in [-0.2, -0.15) is 4.31 Å². The molecule has 1 amide bonds. The summed E-state index contributed by atoms with van der Waals surface area (Å²) < 4.78 is 26.9.